The summed E-state index contributed by atoms with van der Waals surface area (Å²) in [5.74, 6) is -0.338. The second-order valence-corrected chi connectivity index (χ2v) is 6.52. The number of hydrogen-bond acceptors (Lipinski definition) is 4. The summed E-state index contributed by atoms with van der Waals surface area (Å²) in [6.45, 7) is 0.397. The molecule has 0 aliphatic heterocycles. The van der Waals surface area contributed by atoms with Gasteiger partial charge in [0.2, 0.25) is 0 Å². The summed E-state index contributed by atoms with van der Waals surface area (Å²) in [4.78, 5) is 30.3. The molecule has 2 aromatic carbocycles. The van der Waals surface area contributed by atoms with Crippen LogP contribution in [0.15, 0.2) is 73.1 Å². The topological polar surface area (TPSA) is 74.3 Å². The molecule has 6 nitrogen and oxygen atoms in total. The van der Waals surface area contributed by atoms with Crippen LogP contribution < -0.4 is 15.5 Å². The van der Waals surface area contributed by atoms with E-state index in [4.69, 9.17) is 0 Å². The number of aromatic nitrogens is 1. The molecule has 2 N–H and O–H groups in total. The van der Waals surface area contributed by atoms with Crippen LogP contribution in [-0.4, -0.2) is 30.9 Å². The van der Waals surface area contributed by atoms with Crippen molar-refractivity contribution in [2.75, 3.05) is 24.3 Å². The number of carbonyl (C=O) groups excluding carboxylic acids is 2. The highest BCUT2D eigenvalue weighted by molar-refractivity contribution is 6.04. The predicted molar refractivity (Wildman–Crippen MR) is 111 cm³/mol. The van der Waals surface area contributed by atoms with Crippen LogP contribution in [0.5, 0.6) is 0 Å². The standard InChI is InChI=1S/C22H22N4O2/c1-26(2)20-11-7-17(8-12-20)22(28)25-19-9-5-16(6-10-19)14-24-21(27)18-4-3-13-23-15-18/h3-13,15H,14H2,1-2H3,(H,24,27)(H,25,28). The molecule has 28 heavy (non-hydrogen) atoms. The Bertz CT molecular complexity index is 937. The second kappa shape index (κ2) is 8.81. The second-order valence-electron chi connectivity index (χ2n) is 6.52. The highest BCUT2D eigenvalue weighted by atomic mass is 16.2. The third-order valence-electron chi connectivity index (χ3n) is 4.23. The molecular weight excluding hydrogens is 352 g/mol. The van der Waals surface area contributed by atoms with Crippen LogP contribution in [0, 0.1) is 0 Å². The lowest BCUT2D eigenvalue weighted by atomic mass is 10.1. The van der Waals surface area contributed by atoms with Crippen LogP contribution in [-0.2, 0) is 6.54 Å². The van der Waals surface area contributed by atoms with Gasteiger partial charge in [0.05, 0.1) is 5.56 Å². The number of benzene rings is 2. The van der Waals surface area contributed by atoms with Crippen molar-refractivity contribution >= 4 is 23.2 Å². The Kier molecular flexibility index (Phi) is 6.01. The highest BCUT2D eigenvalue weighted by Gasteiger charge is 2.08. The minimum absolute atomic E-state index is 0.164. The van der Waals surface area contributed by atoms with Crippen molar-refractivity contribution in [1.82, 2.24) is 10.3 Å². The monoisotopic (exact) mass is 374 g/mol. The van der Waals surface area contributed by atoms with E-state index in [2.05, 4.69) is 15.6 Å². The average Bonchev–Trinajstić information content (AvgIpc) is 2.73. The maximum Gasteiger partial charge on any atom is 0.255 e. The van der Waals surface area contributed by atoms with Gasteiger partial charge in [0, 0.05) is 50.0 Å². The molecule has 0 aliphatic rings. The van der Waals surface area contributed by atoms with E-state index in [1.54, 1.807) is 30.5 Å². The molecule has 0 bridgehead atoms. The minimum atomic E-state index is -0.174. The van der Waals surface area contributed by atoms with E-state index < -0.39 is 0 Å². The molecule has 3 aromatic rings. The summed E-state index contributed by atoms with van der Waals surface area (Å²) < 4.78 is 0. The van der Waals surface area contributed by atoms with Gasteiger partial charge in [-0.15, -0.1) is 0 Å². The van der Waals surface area contributed by atoms with Crippen LogP contribution in [0.25, 0.3) is 0 Å². The Labute approximate surface area is 164 Å². The normalized spacial score (nSPS) is 10.2. The third-order valence-corrected chi connectivity index (χ3v) is 4.23. The molecule has 0 unspecified atom stereocenters. The molecule has 142 valence electrons. The lowest BCUT2D eigenvalue weighted by Gasteiger charge is -2.12. The van der Waals surface area contributed by atoms with Gasteiger partial charge < -0.3 is 15.5 Å². The van der Waals surface area contributed by atoms with E-state index in [0.717, 1.165) is 11.3 Å². The molecular formula is C22H22N4O2. The summed E-state index contributed by atoms with van der Waals surface area (Å²) in [6, 6.07) is 18.2. The first-order valence-electron chi connectivity index (χ1n) is 8.89. The number of rotatable bonds is 6. The van der Waals surface area contributed by atoms with Crippen molar-refractivity contribution in [1.29, 1.82) is 0 Å². The Morgan fingerprint density at radius 3 is 2.21 bits per heavy atom. The van der Waals surface area contributed by atoms with E-state index in [9.17, 15) is 9.59 Å². The lowest BCUT2D eigenvalue weighted by Crippen LogP contribution is -2.22. The molecule has 0 radical (unpaired) electrons. The smallest absolute Gasteiger partial charge is 0.255 e. The van der Waals surface area contributed by atoms with Gasteiger partial charge in [-0.1, -0.05) is 12.1 Å². The largest absolute Gasteiger partial charge is 0.378 e. The Hall–Kier alpha value is -3.67. The molecule has 0 spiro atoms. The fourth-order valence-corrected chi connectivity index (χ4v) is 2.60. The number of amides is 2. The van der Waals surface area contributed by atoms with Crippen molar-refractivity contribution in [3.63, 3.8) is 0 Å². The first-order valence-corrected chi connectivity index (χ1v) is 8.89. The first kappa shape index (κ1) is 19.1. The molecule has 6 heteroatoms. The fraction of sp³-hybridized carbons (Fsp3) is 0.136. The van der Waals surface area contributed by atoms with Crippen molar-refractivity contribution in [2.24, 2.45) is 0 Å². The molecule has 0 aliphatic carbocycles. The van der Waals surface area contributed by atoms with Gasteiger partial charge in [0.15, 0.2) is 0 Å². The average molecular weight is 374 g/mol. The SMILES string of the molecule is CN(C)c1ccc(C(=O)Nc2ccc(CNC(=O)c3cccnc3)cc2)cc1. The van der Waals surface area contributed by atoms with Gasteiger partial charge in [-0.05, 0) is 54.1 Å². The molecule has 1 aromatic heterocycles. The fourth-order valence-electron chi connectivity index (χ4n) is 2.60. The number of anilines is 2. The molecule has 1 heterocycles. The van der Waals surface area contributed by atoms with Gasteiger partial charge in [0.25, 0.3) is 11.8 Å². The maximum absolute atomic E-state index is 12.4. The van der Waals surface area contributed by atoms with Gasteiger partial charge in [-0.2, -0.15) is 0 Å². The van der Waals surface area contributed by atoms with Gasteiger partial charge in [-0.25, -0.2) is 0 Å². The van der Waals surface area contributed by atoms with Gasteiger partial charge >= 0.3 is 0 Å². The Morgan fingerprint density at radius 2 is 1.61 bits per heavy atom. The van der Waals surface area contributed by atoms with Crippen molar-refractivity contribution < 1.29 is 9.59 Å². The van der Waals surface area contributed by atoms with Crippen LogP contribution in [0.1, 0.15) is 26.3 Å². The van der Waals surface area contributed by atoms with Crippen LogP contribution in [0.4, 0.5) is 11.4 Å². The summed E-state index contributed by atoms with van der Waals surface area (Å²) >= 11 is 0. The van der Waals surface area contributed by atoms with Gasteiger partial charge in [-0.3, -0.25) is 14.6 Å². The van der Waals surface area contributed by atoms with Crippen LogP contribution in [0.3, 0.4) is 0 Å². The number of pyridine rings is 1. The van der Waals surface area contributed by atoms with Crippen LogP contribution >= 0.6 is 0 Å². The van der Waals surface area contributed by atoms with E-state index in [0.29, 0.717) is 23.4 Å². The van der Waals surface area contributed by atoms with Crippen LogP contribution in [0.2, 0.25) is 0 Å². The minimum Gasteiger partial charge on any atom is -0.378 e. The number of nitrogens with one attached hydrogen (secondary N) is 2. The van der Waals surface area contributed by atoms with E-state index in [1.807, 2.05) is 55.4 Å². The summed E-state index contributed by atoms with van der Waals surface area (Å²) in [7, 11) is 3.91. The summed E-state index contributed by atoms with van der Waals surface area (Å²) in [5.41, 5.74) is 3.79. The van der Waals surface area contributed by atoms with Gasteiger partial charge in [0.1, 0.15) is 0 Å². The number of nitrogens with zero attached hydrogens (tertiary/aromatic N) is 2. The molecule has 2 amide bonds. The summed E-state index contributed by atoms with van der Waals surface area (Å²) in [6.07, 6.45) is 3.15. The highest BCUT2D eigenvalue weighted by Crippen LogP contribution is 2.15. The Morgan fingerprint density at radius 1 is 0.893 bits per heavy atom. The zero-order chi connectivity index (χ0) is 19.9. The first-order chi connectivity index (χ1) is 13.5. The van der Waals surface area contributed by atoms with Crippen molar-refractivity contribution in [3.8, 4) is 0 Å². The maximum atomic E-state index is 12.4. The van der Waals surface area contributed by atoms with E-state index in [-0.39, 0.29) is 11.8 Å². The molecule has 0 saturated carbocycles. The predicted octanol–water partition coefficient (Wildman–Crippen LogP) is 3.33. The molecule has 0 saturated heterocycles. The Balaban J connectivity index is 1.55. The van der Waals surface area contributed by atoms with Crippen molar-refractivity contribution in [3.05, 3.63) is 89.7 Å². The zero-order valence-corrected chi connectivity index (χ0v) is 15.8. The van der Waals surface area contributed by atoms with E-state index >= 15 is 0 Å². The van der Waals surface area contributed by atoms with E-state index in [1.165, 1.54) is 6.20 Å². The molecule has 0 atom stereocenters. The molecule has 0 fully saturated rings. The lowest BCUT2D eigenvalue weighted by molar-refractivity contribution is 0.0949. The van der Waals surface area contributed by atoms with Crippen molar-refractivity contribution in [2.45, 2.75) is 6.54 Å². The summed E-state index contributed by atoms with van der Waals surface area (Å²) in [5, 5.41) is 5.72. The molecule has 3 rings (SSSR count). The quantitative estimate of drug-likeness (QED) is 0.694. The zero-order valence-electron chi connectivity index (χ0n) is 15.8. The third kappa shape index (κ3) is 4.94. The number of hydrogen-bond donors (Lipinski definition) is 2. The number of carbonyl (C=O) groups is 2.